The van der Waals surface area contributed by atoms with Gasteiger partial charge < -0.3 is 15.5 Å². The van der Waals surface area contributed by atoms with Crippen molar-refractivity contribution < 1.29 is 9.59 Å². The molecule has 3 heterocycles. The lowest BCUT2D eigenvalue weighted by molar-refractivity contribution is -0.105. The van der Waals surface area contributed by atoms with Gasteiger partial charge in [-0.2, -0.15) is 5.10 Å². The molecule has 1 aliphatic rings. The van der Waals surface area contributed by atoms with Crippen LogP contribution in [-0.4, -0.2) is 51.1 Å². The molecule has 5 rings (SSSR count). The summed E-state index contributed by atoms with van der Waals surface area (Å²) in [6.45, 7) is 9.54. The van der Waals surface area contributed by atoms with Crippen LogP contribution in [0.1, 0.15) is 46.8 Å². The normalized spacial score (nSPS) is 12.8. The van der Waals surface area contributed by atoms with Crippen molar-refractivity contribution >= 4 is 23.8 Å². The van der Waals surface area contributed by atoms with E-state index in [0.717, 1.165) is 22.5 Å². The standard InChI is InChI=1S/C22H22N4O2.C9H14N2/c1-15-3-4-18(9-21(15)23-14-27)22(28)26-12-20(13-26)17-7-5-16(6-8-17)19-10-24-25(2)11-19;1-7(2)11-9-5-4-8(3)6-10-9/h3-11,14,20H,12-13H2,1-2H3,(H,23,27);4-7H,1-3H3,(H,10,11). The second-order valence-electron chi connectivity index (χ2n) is 10.2. The zero-order valence-corrected chi connectivity index (χ0v) is 23.2. The van der Waals surface area contributed by atoms with Crippen LogP contribution in [0.2, 0.25) is 0 Å². The van der Waals surface area contributed by atoms with Crippen molar-refractivity contribution in [2.75, 3.05) is 23.7 Å². The van der Waals surface area contributed by atoms with Gasteiger partial charge in [0, 0.05) is 61.3 Å². The van der Waals surface area contributed by atoms with Gasteiger partial charge in [0.05, 0.1) is 6.20 Å². The molecule has 0 saturated carbocycles. The van der Waals surface area contributed by atoms with Crippen LogP contribution in [0.5, 0.6) is 0 Å². The maximum Gasteiger partial charge on any atom is 0.253 e. The molecular weight excluding hydrogens is 488 g/mol. The van der Waals surface area contributed by atoms with Crippen molar-refractivity contribution in [1.82, 2.24) is 19.7 Å². The molecule has 8 heteroatoms. The van der Waals surface area contributed by atoms with Gasteiger partial charge in [-0.3, -0.25) is 14.3 Å². The summed E-state index contributed by atoms with van der Waals surface area (Å²) in [4.78, 5) is 29.5. The number of anilines is 2. The average molecular weight is 525 g/mol. The summed E-state index contributed by atoms with van der Waals surface area (Å²) >= 11 is 0. The van der Waals surface area contributed by atoms with Crippen LogP contribution in [0.4, 0.5) is 11.5 Å². The van der Waals surface area contributed by atoms with Gasteiger partial charge in [0.25, 0.3) is 5.91 Å². The van der Waals surface area contributed by atoms with E-state index in [-0.39, 0.29) is 5.91 Å². The molecule has 2 amide bonds. The van der Waals surface area contributed by atoms with Crippen molar-refractivity contribution in [3.8, 4) is 11.1 Å². The minimum Gasteiger partial charge on any atom is -0.368 e. The smallest absolute Gasteiger partial charge is 0.253 e. The zero-order valence-electron chi connectivity index (χ0n) is 23.2. The highest BCUT2D eigenvalue weighted by atomic mass is 16.2. The first-order chi connectivity index (χ1) is 18.7. The van der Waals surface area contributed by atoms with Gasteiger partial charge in [0.1, 0.15) is 5.82 Å². The fourth-order valence-electron chi connectivity index (χ4n) is 4.38. The fraction of sp³-hybridized carbons (Fsp3) is 0.290. The largest absolute Gasteiger partial charge is 0.368 e. The van der Waals surface area contributed by atoms with Crippen LogP contribution in [0.15, 0.2) is 73.2 Å². The first-order valence-corrected chi connectivity index (χ1v) is 13.1. The molecule has 202 valence electrons. The number of carbonyl (C=O) groups excluding carboxylic acids is 2. The van der Waals surface area contributed by atoms with Gasteiger partial charge in [-0.05, 0) is 68.1 Å². The Morgan fingerprint density at radius 2 is 1.74 bits per heavy atom. The average Bonchev–Trinajstić information content (AvgIpc) is 3.33. The minimum atomic E-state index is -0.00261. The molecule has 0 atom stereocenters. The molecule has 2 N–H and O–H groups in total. The van der Waals surface area contributed by atoms with Gasteiger partial charge in [-0.25, -0.2) is 4.98 Å². The summed E-state index contributed by atoms with van der Waals surface area (Å²) in [5.74, 6) is 1.30. The van der Waals surface area contributed by atoms with Crippen LogP contribution in [-0.2, 0) is 11.8 Å². The highest BCUT2D eigenvalue weighted by Gasteiger charge is 2.32. The quantitative estimate of drug-likeness (QED) is 0.315. The molecule has 1 aliphatic heterocycles. The maximum absolute atomic E-state index is 12.7. The number of nitrogens with one attached hydrogen (secondary N) is 2. The summed E-state index contributed by atoms with van der Waals surface area (Å²) in [5, 5.41) is 10.1. The van der Waals surface area contributed by atoms with E-state index in [1.54, 1.807) is 10.7 Å². The van der Waals surface area contributed by atoms with Gasteiger partial charge in [0.15, 0.2) is 0 Å². The Labute approximate surface area is 230 Å². The fourth-order valence-corrected chi connectivity index (χ4v) is 4.38. The molecule has 0 aliphatic carbocycles. The Morgan fingerprint density at radius 3 is 2.33 bits per heavy atom. The number of rotatable bonds is 7. The van der Waals surface area contributed by atoms with E-state index in [0.29, 0.717) is 42.7 Å². The second kappa shape index (κ2) is 12.4. The number of pyridine rings is 1. The Hall–Kier alpha value is -4.46. The highest BCUT2D eigenvalue weighted by Crippen LogP contribution is 2.30. The number of benzene rings is 2. The predicted octanol–water partition coefficient (Wildman–Crippen LogP) is 5.41. The Balaban J connectivity index is 0.000000270. The Morgan fingerprint density at radius 1 is 1.00 bits per heavy atom. The van der Waals surface area contributed by atoms with Crippen LogP contribution in [0.3, 0.4) is 0 Å². The first kappa shape index (κ1) is 27.6. The lowest BCUT2D eigenvalue weighted by atomic mass is 9.90. The Kier molecular flexibility index (Phi) is 8.76. The van der Waals surface area contributed by atoms with Crippen molar-refractivity contribution in [2.24, 2.45) is 7.05 Å². The van der Waals surface area contributed by atoms with Crippen LogP contribution < -0.4 is 10.6 Å². The van der Waals surface area contributed by atoms with Crippen molar-refractivity contribution in [3.63, 3.8) is 0 Å². The third-order valence-corrected chi connectivity index (χ3v) is 6.64. The maximum atomic E-state index is 12.7. The van der Waals surface area contributed by atoms with Crippen molar-refractivity contribution in [1.29, 1.82) is 0 Å². The molecule has 1 saturated heterocycles. The minimum absolute atomic E-state index is 0.00261. The molecule has 0 spiro atoms. The summed E-state index contributed by atoms with van der Waals surface area (Å²) in [5.41, 5.74) is 6.86. The number of nitrogens with zero attached hydrogens (tertiary/aromatic N) is 4. The number of hydrogen-bond acceptors (Lipinski definition) is 5. The van der Waals surface area contributed by atoms with Gasteiger partial charge >= 0.3 is 0 Å². The number of aromatic nitrogens is 3. The zero-order chi connectivity index (χ0) is 27.9. The summed E-state index contributed by atoms with van der Waals surface area (Å²) < 4.78 is 1.79. The molecule has 4 aromatic rings. The molecule has 2 aromatic carbocycles. The molecule has 39 heavy (non-hydrogen) atoms. The van der Waals surface area contributed by atoms with Crippen LogP contribution >= 0.6 is 0 Å². The predicted molar refractivity (Wildman–Crippen MR) is 156 cm³/mol. The van der Waals surface area contributed by atoms with Crippen molar-refractivity contribution in [3.05, 3.63) is 95.4 Å². The van der Waals surface area contributed by atoms with E-state index < -0.39 is 0 Å². The summed E-state index contributed by atoms with van der Waals surface area (Å²) in [6.07, 6.45) is 6.35. The number of aryl methyl sites for hydroxylation is 3. The number of carbonyl (C=O) groups is 2. The van der Waals surface area contributed by atoms with Crippen LogP contribution in [0, 0.1) is 13.8 Å². The van der Waals surface area contributed by atoms with Gasteiger partial charge in [-0.15, -0.1) is 0 Å². The van der Waals surface area contributed by atoms with E-state index >= 15 is 0 Å². The molecular formula is C31H36N6O2. The van der Waals surface area contributed by atoms with E-state index in [1.807, 2.05) is 62.6 Å². The van der Waals surface area contributed by atoms with E-state index in [4.69, 9.17) is 0 Å². The number of likely N-dealkylation sites (tertiary alicyclic amines) is 1. The topological polar surface area (TPSA) is 92.2 Å². The molecule has 0 bridgehead atoms. The van der Waals surface area contributed by atoms with E-state index in [1.165, 1.54) is 11.1 Å². The molecule has 1 fully saturated rings. The number of hydrogen-bond donors (Lipinski definition) is 2. The van der Waals surface area contributed by atoms with E-state index in [2.05, 4.69) is 64.9 Å². The molecule has 8 nitrogen and oxygen atoms in total. The Bertz CT molecular complexity index is 1400. The second-order valence-corrected chi connectivity index (χ2v) is 10.2. The molecule has 0 unspecified atom stereocenters. The van der Waals surface area contributed by atoms with E-state index in [9.17, 15) is 9.59 Å². The monoisotopic (exact) mass is 524 g/mol. The molecule has 2 aromatic heterocycles. The first-order valence-electron chi connectivity index (χ1n) is 13.1. The van der Waals surface area contributed by atoms with Gasteiger partial charge in [-0.1, -0.05) is 36.4 Å². The lowest BCUT2D eigenvalue weighted by Gasteiger charge is -2.39. The SMILES string of the molecule is Cc1ccc(C(=O)N2CC(c3ccc(-c4cnn(C)c4)cc3)C2)cc1NC=O.Cc1ccc(NC(C)C)nc1. The third kappa shape index (κ3) is 7.10. The van der Waals surface area contributed by atoms with Gasteiger partial charge in [0.2, 0.25) is 6.41 Å². The van der Waals surface area contributed by atoms with Crippen LogP contribution in [0.25, 0.3) is 11.1 Å². The summed E-state index contributed by atoms with van der Waals surface area (Å²) in [7, 11) is 1.91. The molecule has 0 radical (unpaired) electrons. The lowest BCUT2D eigenvalue weighted by Crippen LogP contribution is -2.48. The number of amides is 2. The van der Waals surface area contributed by atoms with Crippen molar-refractivity contribution in [2.45, 2.75) is 39.7 Å². The summed E-state index contributed by atoms with van der Waals surface area (Å²) in [6, 6.07) is 18.4. The highest BCUT2D eigenvalue weighted by molar-refractivity contribution is 5.96. The third-order valence-electron chi connectivity index (χ3n) is 6.64.